The third-order valence-corrected chi connectivity index (χ3v) is 3.88. The lowest BCUT2D eigenvalue weighted by Gasteiger charge is -2.16. The van der Waals surface area contributed by atoms with Gasteiger partial charge in [-0.2, -0.15) is 5.10 Å². The number of hydrogen-bond donors (Lipinski definition) is 1. The fourth-order valence-electron chi connectivity index (χ4n) is 2.49. The average molecular weight is 310 g/mol. The van der Waals surface area contributed by atoms with E-state index in [4.69, 9.17) is 4.98 Å². The van der Waals surface area contributed by atoms with E-state index in [9.17, 15) is 4.79 Å². The summed E-state index contributed by atoms with van der Waals surface area (Å²) in [6.07, 6.45) is 0. The van der Waals surface area contributed by atoms with Crippen LogP contribution in [0.5, 0.6) is 0 Å². The van der Waals surface area contributed by atoms with Crippen molar-refractivity contribution >= 4 is 33.7 Å². The van der Waals surface area contributed by atoms with Crippen LogP contribution in [-0.2, 0) is 11.3 Å². The number of aryl methyl sites for hydroxylation is 2. The Labute approximate surface area is 135 Å². The highest BCUT2D eigenvalue weighted by Gasteiger charge is 2.23. The molecule has 120 valence electrons. The molecule has 0 bridgehead atoms. The van der Waals surface area contributed by atoms with E-state index < -0.39 is 5.41 Å². The maximum atomic E-state index is 12.3. The number of carbonyl (C=O) groups is 1. The number of pyridine rings is 1. The third kappa shape index (κ3) is 2.79. The Bertz CT molecular complexity index is 903. The molecule has 3 aromatic rings. The van der Waals surface area contributed by atoms with Crippen molar-refractivity contribution in [3.8, 4) is 0 Å². The number of carbonyl (C=O) groups excluding carboxylic acids is 1. The van der Waals surface area contributed by atoms with E-state index in [0.717, 1.165) is 21.9 Å². The Balaban J connectivity index is 2.19. The smallest absolute Gasteiger partial charge is 0.230 e. The Morgan fingerprint density at radius 2 is 2.00 bits per heavy atom. The van der Waals surface area contributed by atoms with Gasteiger partial charge in [0.05, 0.1) is 10.9 Å². The van der Waals surface area contributed by atoms with Crippen LogP contribution in [0.2, 0.25) is 0 Å². The summed E-state index contributed by atoms with van der Waals surface area (Å²) in [7, 11) is 0. The molecular weight excluding hydrogens is 288 g/mol. The van der Waals surface area contributed by atoms with Crippen molar-refractivity contribution in [2.75, 3.05) is 5.32 Å². The minimum Gasteiger partial charge on any atom is -0.308 e. The molecule has 0 aliphatic heterocycles. The first-order valence-corrected chi connectivity index (χ1v) is 7.89. The van der Waals surface area contributed by atoms with Crippen LogP contribution in [0.4, 0.5) is 5.82 Å². The van der Waals surface area contributed by atoms with E-state index in [1.807, 2.05) is 38.4 Å². The number of benzene rings is 1. The molecule has 0 spiro atoms. The lowest BCUT2D eigenvalue weighted by Crippen LogP contribution is -2.27. The molecule has 0 aliphatic rings. The van der Waals surface area contributed by atoms with Gasteiger partial charge < -0.3 is 5.32 Å². The zero-order chi connectivity index (χ0) is 16.8. The fraction of sp³-hybridized carbons (Fsp3) is 0.389. The third-order valence-electron chi connectivity index (χ3n) is 3.88. The fourth-order valence-corrected chi connectivity index (χ4v) is 2.49. The summed E-state index contributed by atoms with van der Waals surface area (Å²) >= 11 is 0. The minimum atomic E-state index is -0.469. The van der Waals surface area contributed by atoms with Crippen molar-refractivity contribution in [1.29, 1.82) is 0 Å². The van der Waals surface area contributed by atoms with Gasteiger partial charge in [0.2, 0.25) is 5.91 Å². The molecule has 1 amide bonds. The Morgan fingerprint density at radius 1 is 1.26 bits per heavy atom. The van der Waals surface area contributed by atoms with Gasteiger partial charge >= 0.3 is 0 Å². The molecule has 5 heteroatoms. The number of rotatable bonds is 2. The van der Waals surface area contributed by atoms with Crippen molar-refractivity contribution in [3.05, 3.63) is 29.8 Å². The van der Waals surface area contributed by atoms with Crippen LogP contribution in [0.25, 0.3) is 21.9 Å². The summed E-state index contributed by atoms with van der Waals surface area (Å²) in [6, 6.07) is 8.23. The standard InChI is InChI=1S/C18H22N4O/c1-6-22-16-13(15(21-22)20-17(23)18(3,4)5)10-12-9-11(2)7-8-14(12)19-16/h7-10H,6H2,1-5H3,(H,20,21,23). The van der Waals surface area contributed by atoms with Crippen LogP contribution in [0.3, 0.4) is 0 Å². The molecule has 2 aromatic heterocycles. The first kappa shape index (κ1) is 15.5. The lowest BCUT2D eigenvalue weighted by molar-refractivity contribution is -0.123. The Kier molecular flexibility index (Phi) is 3.59. The number of amides is 1. The van der Waals surface area contributed by atoms with Gasteiger partial charge in [-0.25, -0.2) is 9.67 Å². The number of anilines is 1. The zero-order valence-electron chi connectivity index (χ0n) is 14.3. The number of nitrogens with one attached hydrogen (secondary N) is 1. The molecular formula is C18H22N4O. The van der Waals surface area contributed by atoms with Crippen molar-refractivity contribution < 1.29 is 4.79 Å². The highest BCUT2D eigenvalue weighted by atomic mass is 16.2. The molecule has 0 aliphatic carbocycles. The normalized spacial score (nSPS) is 12.0. The second-order valence-electron chi connectivity index (χ2n) is 6.92. The zero-order valence-corrected chi connectivity index (χ0v) is 14.3. The van der Waals surface area contributed by atoms with Gasteiger partial charge in [-0.3, -0.25) is 4.79 Å². The minimum absolute atomic E-state index is 0.0514. The predicted molar refractivity (Wildman–Crippen MR) is 93.5 cm³/mol. The summed E-state index contributed by atoms with van der Waals surface area (Å²) in [5, 5.41) is 9.41. The van der Waals surface area contributed by atoms with Crippen molar-refractivity contribution in [2.24, 2.45) is 5.41 Å². The molecule has 0 atom stereocenters. The Morgan fingerprint density at radius 3 is 2.65 bits per heavy atom. The SMILES string of the molecule is CCn1nc(NC(=O)C(C)(C)C)c2cc3cc(C)ccc3nc21. The molecule has 23 heavy (non-hydrogen) atoms. The molecule has 3 rings (SSSR count). The lowest BCUT2D eigenvalue weighted by atomic mass is 9.96. The highest BCUT2D eigenvalue weighted by Crippen LogP contribution is 2.27. The predicted octanol–water partition coefficient (Wildman–Crippen LogP) is 3.90. The Hall–Kier alpha value is -2.43. The van der Waals surface area contributed by atoms with Gasteiger partial charge in [-0.15, -0.1) is 0 Å². The topological polar surface area (TPSA) is 59.8 Å². The van der Waals surface area contributed by atoms with E-state index in [1.165, 1.54) is 5.56 Å². The maximum Gasteiger partial charge on any atom is 0.230 e. The molecule has 0 saturated carbocycles. The summed E-state index contributed by atoms with van der Waals surface area (Å²) in [4.78, 5) is 17.0. The van der Waals surface area contributed by atoms with Crippen molar-refractivity contribution in [2.45, 2.75) is 41.2 Å². The van der Waals surface area contributed by atoms with Crippen molar-refractivity contribution in [3.63, 3.8) is 0 Å². The van der Waals surface area contributed by atoms with E-state index >= 15 is 0 Å². The molecule has 5 nitrogen and oxygen atoms in total. The van der Waals surface area contributed by atoms with E-state index in [-0.39, 0.29) is 5.91 Å². The van der Waals surface area contributed by atoms with Gasteiger partial charge in [0.1, 0.15) is 0 Å². The molecule has 0 unspecified atom stereocenters. The van der Waals surface area contributed by atoms with E-state index in [2.05, 4.69) is 35.5 Å². The van der Waals surface area contributed by atoms with Crippen LogP contribution in [0.1, 0.15) is 33.3 Å². The van der Waals surface area contributed by atoms with E-state index in [0.29, 0.717) is 12.4 Å². The van der Waals surface area contributed by atoms with Gasteiger partial charge in [0, 0.05) is 17.3 Å². The van der Waals surface area contributed by atoms with Gasteiger partial charge in [-0.1, -0.05) is 32.4 Å². The summed E-state index contributed by atoms with van der Waals surface area (Å²) < 4.78 is 1.83. The van der Waals surface area contributed by atoms with Gasteiger partial charge in [0.25, 0.3) is 0 Å². The van der Waals surface area contributed by atoms with Crippen LogP contribution in [-0.4, -0.2) is 20.7 Å². The highest BCUT2D eigenvalue weighted by molar-refractivity contribution is 6.03. The summed E-state index contributed by atoms with van der Waals surface area (Å²) in [6.45, 7) is 10.4. The van der Waals surface area contributed by atoms with Crippen LogP contribution >= 0.6 is 0 Å². The molecule has 1 aromatic carbocycles. The molecule has 0 saturated heterocycles. The number of aromatic nitrogens is 3. The quantitative estimate of drug-likeness (QED) is 0.781. The number of nitrogens with zero attached hydrogens (tertiary/aromatic N) is 3. The summed E-state index contributed by atoms with van der Waals surface area (Å²) in [5.41, 5.74) is 2.45. The first-order valence-electron chi connectivity index (χ1n) is 7.89. The largest absolute Gasteiger partial charge is 0.308 e. The molecule has 2 heterocycles. The van der Waals surface area contributed by atoms with Crippen LogP contribution in [0.15, 0.2) is 24.3 Å². The van der Waals surface area contributed by atoms with E-state index in [1.54, 1.807) is 0 Å². The number of fused-ring (bicyclic) bond motifs is 2. The van der Waals surface area contributed by atoms with Crippen LogP contribution < -0.4 is 5.32 Å². The molecule has 0 radical (unpaired) electrons. The van der Waals surface area contributed by atoms with Crippen molar-refractivity contribution in [1.82, 2.24) is 14.8 Å². The second kappa shape index (κ2) is 5.33. The monoisotopic (exact) mass is 310 g/mol. The van der Waals surface area contributed by atoms with Gasteiger partial charge in [-0.05, 0) is 32.0 Å². The van der Waals surface area contributed by atoms with Gasteiger partial charge in [0.15, 0.2) is 11.5 Å². The van der Waals surface area contributed by atoms with Crippen LogP contribution in [0, 0.1) is 12.3 Å². The second-order valence-corrected chi connectivity index (χ2v) is 6.92. The first-order chi connectivity index (χ1) is 10.8. The molecule has 0 fully saturated rings. The average Bonchev–Trinajstić information content (AvgIpc) is 2.81. The summed E-state index contributed by atoms with van der Waals surface area (Å²) in [5.74, 6) is 0.530. The molecule has 1 N–H and O–H groups in total. The maximum absolute atomic E-state index is 12.3. The number of hydrogen-bond acceptors (Lipinski definition) is 3.